The van der Waals surface area contributed by atoms with Crippen LogP contribution in [0.5, 0.6) is 0 Å². The van der Waals surface area contributed by atoms with E-state index in [4.69, 9.17) is 4.74 Å². The molecule has 4 aromatic rings. The predicted octanol–water partition coefficient (Wildman–Crippen LogP) is 3.44. The number of amides is 1. The molecule has 0 aliphatic carbocycles. The maximum Gasteiger partial charge on any atom is 0.272 e. The number of aromatic amines is 1. The largest absolute Gasteiger partial charge is 0.381 e. The second kappa shape index (κ2) is 10.8. The van der Waals surface area contributed by atoms with Crippen LogP contribution in [0.25, 0.3) is 10.8 Å². The van der Waals surface area contributed by atoms with Crippen LogP contribution in [-0.2, 0) is 24.2 Å². The van der Waals surface area contributed by atoms with Gasteiger partial charge in [0.05, 0.1) is 28.9 Å². The number of ether oxygens (including phenoxy) is 1. The summed E-state index contributed by atoms with van der Waals surface area (Å²) >= 11 is 0. The predicted molar refractivity (Wildman–Crippen MR) is 137 cm³/mol. The summed E-state index contributed by atoms with van der Waals surface area (Å²) in [6, 6.07) is 11.6. The lowest BCUT2D eigenvalue weighted by molar-refractivity contribution is 0.0745. The first kappa shape index (κ1) is 24.5. The first-order valence-corrected chi connectivity index (χ1v) is 12.2. The summed E-state index contributed by atoms with van der Waals surface area (Å²) in [4.78, 5) is 35.2. The molecule has 1 amide bonds. The van der Waals surface area contributed by atoms with Crippen LogP contribution in [0.15, 0.2) is 53.5 Å². The van der Waals surface area contributed by atoms with E-state index in [1.54, 1.807) is 42.4 Å². The number of carbonyl (C=O) groups is 1. The van der Waals surface area contributed by atoms with Crippen molar-refractivity contribution >= 4 is 22.6 Å². The van der Waals surface area contributed by atoms with Crippen LogP contribution in [-0.4, -0.2) is 51.2 Å². The van der Waals surface area contributed by atoms with Gasteiger partial charge in [-0.15, -0.1) is 0 Å². The van der Waals surface area contributed by atoms with Crippen molar-refractivity contribution in [2.75, 3.05) is 25.6 Å². The summed E-state index contributed by atoms with van der Waals surface area (Å²) in [6.07, 6.45) is 4.58. The highest BCUT2D eigenvalue weighted by atomic mass is 19.1. The highest BCUT2D eigenvalue weighted by Gasteiger charge is 2.28. The molecular formula is C27H27FN6O3. The van der Waals surface area contributed by atoms with E-state index in [-0.39, 0.29) is 11.1 Å². The molecule has 0 bridgehead atoms. The van der Waals surface area contributed by atoms with E-state index < -0.39 is 11.7 Å². The van der Waals surface area contributed by atoms with Crippen molar-refractivity contribution in [2.45, 2.75) is 32.4 Å². The van der Waals surface area contributed by atoms with Gasteiger partial charge in [-0.05, 0) is 36.6 Å². The number of aromatic nitrogens is 4. The van der Waals surface area contributed by atoms with Gasteiger partial charge in [0.15, 0.2) is 0 Å². The number of hydrogen-bond donors (Lipinski definition) is 2. The van der Waals surface area contributed by atoms with Crippen LogP contribution in [0, 0.1) is 5.82 Å². The monoisotopic (exact) mass is 502 g/mol. The highest BCUT2D eigenvalue weighted by Crippen LogP contribution is 2.25. The van der Waals surface area contributed by atoms with E-state index in [1.807, 2.05) is 12.1 Å². The minimum Gasteiger partial charge on any atom is -0.381 e. The standard InChI is InChI=1S/C23H19FN6O2.C4H8O/c1-25-23-26-10-14-11-30(12-20(14)27-23)22(32)17-8-13(6-7-18(17)24)9-19-15-4-2-3-5-16(15)21(31)29-28-19;1-2-4-5-3-1/h2-8,10H,9,11-12H2,1H3,(H,29,31)(H,25,26,27);1-4H2. The topological polar surface area (TPSA) is 113 Å². The van der Waals surface area contributed by atoms with Crippen molar-refractivity contribution in [1.82, 2.24) is 25.1 Å². The zero-order valence-corrected chi connectivity index (χ0v) is 20.5. The van der Waals surface area contributed by atoms with Gasteiger partial charge in [-0.3, -0.25) is 9.59 Å². The third-order valence-electron chi connectivity index (χ3n) is 6.40. The third kappa shape index (κ3) is 5.34. The van der Waals surface area contributed by atoms with Gasteiger partial charge in [-0.25, -0.2) is 19.5 Å². The molecule has 190 valence electrons. The van der Waals surface area contributed by atoms with Crippen LogP contribution in [0.2, 0.25) is 0 Å². The van der Waals surface area contributed by atoms with E-state index in [0.717, 1.165) is 29.9 Å². The normalized spacial score (nSPS) is 14.3. The van der Waals surface area contributed by atoms with E-state index in [1.165, 1.54) is 18.9 Å². The molecule has 4 heterocycles. The molecule has 0 saturated carbocycles. The summed E-state index contributed by atoms with van der Waals surface area (Å²) in [5.74, 6) is -0.518. The Morgan fingerprint density at radius 2 is 1.92 bits per heavy atom. The first-order valence-electron chi connectivity index (χ1n) is 12.2. The molecule has 6 rings (SSSR count). The van der Waals surface area contributed by atoms with Gasteiger partial charge >= 0.3 is 0 Å². The van der Waals surface area contributed by atoms with Crippen molar-refractivity contribution in [3.8, 4) is 0 Å². The Balaban J connectivity index is 0.000000503. The Morgan fingerprint density at radius 1 is 1.14 bits per heavy atom. The van der Waals surface area contributed by atoms with E-state index >= 15 is 0 Å². The molecule has 10 heteroatoms. The quantitative estimate of drug-likeness (QED) is 0.440. The summed E-state index contributed by atoms with van der Waals surface area (Å²) in [5, 5.41) is 10.8. The Bertz CT molecular complexity index is 1490. The van der Waals surface area contributed by atoms with Crippen molar-refractivity contribution in [3.63, 3.8) is 0 Å². The Kier molecular flexibility index (Phi) is 7.18. The van der Waals surface area contributed by atoms with Crippen LogP contribution >= 0.6 is 0 Å². The molecule has 2 aliphatic heterocycles. The first-order chi connectivity index (χ1) is 18.0. The molecule has 37 heavy (non-hydrogen) atoms. The van der Waals surface area contributed by atoms with Crippen molar-refractivity contribution < 1.29 is 13.9 Å². The number of nitrogens with zero attached hydrogens (tertiary/aromatic N) is 4. The smallest absolute Gasteiger partial charge is 0.272 e. The Morgan fingerprint density at radius 3 is 2.65 bits per heavy atom. The number of hydrogen-bond acceptors (Lipinski definition) is 7. The molecule has 1 fully saturated rings. The molecule has 2 aliphatic rings. The fourth-order valence-corrected chi connectivity index (χ4v) is 4.44. The molecular weight excluding hydrogens is 475 g/mol. The lowest BCUT2D eigenvalue weighted by atomic mass is 10.0. The summed E-state index contributed by atoms with van der Waals surface area (Å²) in [6.45, 7) is 2.62. The molecule has 0 atom stereocenters. The van der Waals surface area contributed by atoms with E-state index in [2.05, 4.69) is 25.5 Å². The number of anilines is 1. The van der Waals surface area contributed by atoms with E-state index in [9.17, 15) is 14.0 Å². The minimum atomic E-state index is -0.587. The number of benzene rings is 2. The number of nitrogens with one attached hydrogen (secondary N) is 2. The van der Waals surface area contributed by atoms with Gasteiger partial charge in [-0.2, -0.15) is 5.10 Å². The van der Waals surface area contributed by atoms with Crippen LogP contribution in [0.1, 0.15) is 45.7 Å². The molecule has 0 spiro atoms. The van der Waals surface area contributed by atoms with Crippen molar-refractivity contribution in [1.29, 1.82) is 0 Å². The van der Waals surface area contributed by atoms with Gasteiger partial charge in [0.2, 0.25) is 5.95 Å². The second-order valence-corrected chi connectivity index (χ2v) is 8.93. The zero-order valence-electron chi connectivity index (χ0n) is 20.5. The number of H-pyrrole nitrogens is 1. The molecule has 0 unspecified atom stereocenters. The molecule has 2 aromatic heterocycles. The van der Waals surface area contributed by atoms with Crippen molar-refractivity contribution in [3.05, 3.63) is 92.9 Å². The Hall–Kier alpha value is -4.18. The lowest BCUT2D eigenvalue weighted by Crippen LogP contribution is -2.26. The zero-order chi connectivity index (χ0) is 25.8. The fraction of sp³-hybridized carbons (Fsp3) is 0.296. The Labute approximate surface area is 212 Å². The van der Waals surface area contributed by atoms with Gasteiger partial charge in [0.25, 0.3) is 11.5 Å². The van der Waals surface area contributed by atoms with Crippen LogP contribution in [0.3, 0.4) is 0 Å². The van der Waals surface area contributed by atoms with Crippen LogP contribution < -0.4 is 10.9 Å². The fourth-order valence-electron chi connectivity index (χ4n) is 4.44. The molecule has 9 nitrogen and oxygen atoms in total. The molecule has 2 N–H and O–H groups in total. The number of fused-ring (bicyclic) bond motifs is 2. The number of carbonyl (C=O) groups excluding carboxylic acids is 1. The van der Waals surface area contributed by atoms with Crippen molar-refractivity contribution in [2.24, 2.45) is 0 Å². The summed E-state index contributed by atoms with van der Waals surface area (Å²) in [5.41, 5.74) is 2.68. The minimum absolute atomic E-state index is 0.00849. The van der Waals surface area contributed by atoms with Gasteiger partial charge < -0.3 is 15.0 Å². The number of halogens is 1. The second-order valence-electron chi connectivity index (χ2n) is 8.93. The lowest BCUT2D eigenvalue weighted by Gasteiger charge is -2.16. The summed E-state index contributed by atoms with van der Waals surface area (Å²) in [7, 11) is 1.72. The molecule has 0 radical (unpaired) electrons. The van der Waals surface area contributed by atoms with E-state index in [0.29, 0.717) is 42.1 Å². The van der Waals surface area contributed by atoms with Gasteiger partial charge in [-0.1, -0.05) is 24.3 Å². The summed E-state index contributed by atoms with van der Waals surface area (Å²) < 4.78 is 19.6. The SMILES string of the molecule is C1CCOC1.CNc1ncc2c(n1)CN(C(=O)c1cc(Cc3n[nH]c(=O)c4ccccc34)ccc1F)C2. The number of rotatable bonds is 4. The van der Waals surface area contributed by atoms with Gasteiger partial charge in [0.1, 0.15) is 5.82 Å². The third-order valence-corrected chi connectivity index (χ3v) is 6.40. The average molecular weight is 503 g/mol. The molecule has 1 saturated heterocycles. The maximum atomic E-state index is 14.6. The van der Waals surface area contributed by atoms with Gasteiger partial charge in [0, 0.05) is 50.4 Å². The van der Waals surface area contributed by atoms with Crippen LogP contribution in [0.4, 0.5) is 10.3 Å². The highest BCUT2D eigenvalue weighted by molar-refractivity contribution is 5.95. The molecule has 2 aromatic carbocycles. The average Bonchev–Trinajstić information content (AvgIpc) is 3.64. The maximum absolute atomic E-state index is 14.6.